The van der Waals surface area contributed by atoms with Crippen molar-refractivity contribution in [2.24, 2.45) is 12.5 Å². The molecule has 2 aliphatic rings. The number of anilines is 1. The number of nitrogen functional groups attached to an aromatic ring is 1. The maximum atomic E-state index is 11.9. The Hall–Kier alpha value is -2.56. The van der Waals surface area contributed by atoms with E-state index in [1.165, 1.54) is 11.6 Å². The average molecular weight is 381 g/mol. The molecule has 3 rings (SSSR count). The van der Waals surface area contributed by atoms with Crippen LogP contribution in [0.5, 0.6) is 0 Å². The first kappa shape index (κ1) is 20.2. The van der Waals surface area contributed by atoms with Crippen molar-refractivity contribution in [1.29, 1.82) is 5.41 Å². The van der Waals surface area contributed by atoms with Crippen LogP contribution in [0.15, 0.2) is 25.3 Å². The molecule has 3 N–H and O–H groups in total. The van der Waals surface area contributed by atoms with Crippen molar-refractivity contribution in [3.8, 4) is 0 Å². The summed E-state index contributed by atoms with van der Waals surface area (Å²) in [5.74, 6) is 0.680. The number of nitrogens with zero attached hydrogens (tertiary/aromatic N) is 2. The number of likely N-dealkylation sites (tertiary alicyclic amines) is 1. The zero-order valence-electron chi connectivity index (χ0n) is 17.4. The second-order valence-corrected chi connectivity index (χ2v) is 8.41. The van der Waals surface area contributed by atoms with E-state index >= 15 is 0 Å². The van der Waals surface area contributed by atoms with Gasteiger partial charge in [0, 0.05) is 37.0 Å². The van der Waals surface area contributed by atoms with Crippen molar-refractivity contribution >= 4 is 28.6 Å². The molecule has 0 bridgehead atoms. The molecule has 2 heterocycles. The maximum absolute atomic E-state index is 11.9. The number of carbonyl (C=O) groups is 1. The standard InChI is InChI=1S/C23H32N4O/c1-6-18(28)27-13-11-23(12-14-27)9-7-17(8-10-23)21-19(15(2)3)20(16(4)24)22(25)26(21)5/h6-7,24H,1-2,8-14,25H2,3-5H3. The Morgan fingerprint density at radius 3 is 2.36 bits per heavy atom. The van der Waals surface area contributed by atoms with Gasteiger partial charge in [-0.2, -0.15) is 0 Å². The average Bonchev–Trinajstić information content (AvgIpc) is 2.94. The van der Waals surface area contributed by atoms with Gasteiger partial charge in [0.25, 0.3) is 0 Å². The number of allylic oxidation sites excluding steroid dienone is 3. The van der Waals surface area contributed by atoms with Crippen LogP contribution in [0.3, 0.4) is 0 Å². The van der Waals surface area contributed by atoms with Crippen LogP contribution in [0.25, 0.3) is 11.1 Å². The monoisotopic (exact) mass is 380 g/mol. The molecule has 1 aliphatic carbocycles. The minimum atomic E-state index is 0.0434. The summed E-state index contributed by atoms with van der Waals surface area (Å²) < 4.78 is 2.02. The molecule has 1 aromatic heterocycles. The molecule has 1 aliphatic heterocycles. The Morgan fingerprint density at radius 1 is 1.25 bits per heavy atom. The highest BCUT2D eigenvalue weighted by Crippen LogP contribution is 2.47. The molecule has 0 saturated carbocycles. The van der Waals surface area contributed by atoms with Crippen LogP contribution in [0, 0.1) is 10.8 Å². The van der Waals surface area contributed by atoms with Gasteiger partial charge in [-0.15, -0.1) is 0 Å². The number of hydrogen-bond acceptors (Lipinski definition) is 3. The Bertz CT molecular complexity index is 879. The summed E-state index contributed by atoms with van der Waals surface area (Å²) >= 11 is 0. The molecular weight excluding hydrogens is 348 g/mol. The lowest BCUT2D eigenvalue weighted by Crippen LogP contribution is -2.43. The molecule has 28 heavy (non-hydrogen) atoms. The number of piperidine rings is 1. The number of hydrogen-bond donors (Lipinski definition) is 2. The molecule has 1 saturated heterocycles. The van der Waals surface area contributed by atoms with Gasteiger partial charge >= 0.3 is 0 Å². The van der Waals surface area contributed by atoms with Gasteiger partial charge in [0.1, 0.15) is 5.82 Å². The summed E-state index contributed by atoms with van der Waals surface area (Å²) in [5.41, 5.74) is 12.3. The summed E-state index contributed by atoms with van der Waals surface area (Å²) in [5, 5.41) is 8.17. The van der Waals surface area contributed by atoms with E-state index < -0.39 is 0 Å². The molecule has 1 aromatic rings. The fraction of sp³-hybridized carbons (Fsp3) is 0.478. The molecule has 1 spiro atoms. The molecule has 1 fully saturated rings. The van der Waals surface area contributed by atoms with E-state index in [1.54, 1.807) is 6.92 Å². The fourth-order valence-corrected chi connectivity index (χ4v) is 4.82. The Morgan fingerprint density at radius 2 is 1.89 bits per heavy atom. The lowest BCUT2D eigenvalue weighted by molar-refractivity contribution is -0.128. The van der Waals surface area contributed by atoms with Gasteiger partial charge in [0.05, 0.1) is 5.69 Å². The van der Waals surface area contributed by atoms with Crippen LogP contribution in [0.4, 0.5) is 5.82 Å². The fourth-order valence-electron chi connectivity index (χ4n) is 4.82. The molecule has 5 nitrogen and oxygen atoms in total. The number of rotatable bonds is 4. The Kier molecular flexibility index (Phi) is 5.37. The van der Waals surface area contributed by atoms with Crippen molar-refractivity contribution in [3.05, 3.63) is 42.1 Å². The third-order valence-corrected chi connectivity index (χ3v) is 6.56. The SMILES string of the molecule is C=CC(=O)N1CCC2(CC=C(c3c(C(=C)C)c(C(C)=N)c(N)n3C)CC2)CC1. The quantitative estimate of drug-likeness (QED) is 0.600. The first-order chi connectivity index (χ1) is 13.2. The van der Waals surface area contributed by atoms with Crippen molar-refractivity contribution in [1.82, 2.24) is 9.47 Å². The molecular formula is C23H32N4O. The van der Waals surface area contributed by atoms with Crippen LogP contribution in [0.1, 0.15) is 62.8 Å². The highest BCUT2D eigenvalue weighted by Gasteiger charge is 2.37. The second kappa shape index (κ2) is 7.46. The van der Waals surface area contributed by atoms with Crippen molar-refractivity contribution in [2.45, 2.75) is 46.0 Å². The highest BCUT2D eigenvalue weighted by atomic mass is 16.2. The number of carbonyl (C=O) groups excluding carboxylic acids is 1. The highest BCUT2D eigenvalue weighted by molar-refractivity contribution is 6.07. The molecule has 0 radical (unpaired) electrons. The second-order valence-electron chi connectivity index (χ2n) is 8.41. The number of nitrogens with one attached hydrogen (secondary N) is 1. The topological polar surface area (TPSA) is 75.1 Å². The zero-order valence-corrected chi connectivity index (χ0v) is 17.4. The summed E-state index contributed by atoms with van der Waals surface area (Å²) in [7, 11) is 1.98. The summed E-state index contributed by atoms with van der Waals surface area (Å²) in [6.45, 7) is 13.2. The van der Waals surface area contributed by atoms with Crippen LogP contribution in [-0.4, -0.2) is 34.2 Å². The minimum Gasteiger partial charge on any atom is -0.385 e. The first-order valence-electron chi connectivity index (χ1n) is 10.0. The van der Waals surface area contributed by atoms with Crippen LogP contribution in [0.2, 0.25) is 0 Å². The Balaban J connectivity index is 1.88. The minimum absolute atomic E-state index is 0.0434. The molecule has 1 amide bonds. The van der Waals surface area contributed by atoms with Crippen molar-refractivity contribution < 1.29 is 4.79 Å². The maximum Gasteiger partial charge on any atom is 0.245 e. The van der Waals surface area contributed by atoms with E-state index in [1.807, 2.05) is 23.4 Å². The van der Waals surface area contributed by atoms with E-state index in [4.69, 9.17) is 11.1 Å². The number of amides is 1. The normalized spacial score (nSPS) is 18.7. The molecule has 0 aromatic carbocycles. The third-order valence-electron chi connectivity index (χ3n) is 6.56. The lowest BCUT2D eigenvalue weighted by Gasteiger charge is -2.43. The van der Waals surface area contributed by atoms with E-state index in [0.29, 0.717) is 16.9 Å². The summed E-state index contributed by atoms with van der Waals surface area (Å²) in [4.78, 5) is 13.8. The van der Waals surface area contributed by atoms with Crippen molar-refractivity contribution in [3.63, 3.8) is 0 Å². The first-order valence-corrected chi connectivity index (χ1v) is 10.0. The van der Waals surface area contributed by atoms with Gasteiger partial charge in [0.2, 0.25) is 5.91 Å². The van der Waals surface area contributed by atoms with Gasteiger partial charge in [-0.25, -0.2) is 0 Å². The van der Waals surface area contributed by atoms with Crippen LogP contribution >= 0.6 is 0 Å². The molecule has 150 valence electrons. The van der Waals surface area contributed by atoms with E-state index in [2.05, 4.69) is 19.2 Å². The molecule has 0 unspecified atom stereocenters. The molecule has 5 heteroatoms. The predicted molar refractivity (Wildman–Crippen MR) is 117 cm³/mol. The van der Waals surface area contributed by atoms with E-state index in [-0.39, 0.29) is 5.91 Å². The molecule has 0 atom stereocenters. The predicted octanol–water partition coefficient (Wildman–Crippen LogP) is 4.39. The van der Waals surface area contributed by atoms with Crippen LogP contribution in [-0.2, 0) is 11.8 Å². The number of nitrogens with two attached hydrogens (primary N) is 1. The van der Waals surface area contributed by atoms with Gasteiger partial charge < -0.3 is 20.6 Å². The zero-order chi connectivity index (χ0) is 20.6. The summed E-state index contributed by atoms with van der Waals surface area (Å²) in [6.07, 6.45) is 9.00. The van der Waals surface area contributed by atoms with E-state index in [9.17, 15) is 4.79 Å². The van der Waals surface area contributed by atoms with Gasteiger partial charge in [0.15, 0.2) is 0 Å². The summed E-state index contributed by atoms with van der Waals surface area (Å²) in [6, 6.07) is 0. The lowest BCUT2D eigenvalue weighted by atomic mass is 9.68. The third kappa shape index (κ3) is 3.34. The Labute approximate surface area is 168 Å². The van der Waals surface area contributed by atoms with Crippen molar-refractivity contribution in [2.75, 3.05) is 18.8 Å². The van der Waals surface area contributed by atoms with Gasteiger partial charge in [-0.1, -0.05) is 19.2 Å². The van der Waals surface area contributed by atoms with Gasteiger partial charge in [-0.3, -0.25) is 4.79 Å². The number of aromatic nitrogens is 1. The smallest absolute Gasteiger partial charge is 0.245 e. The van der Waals surface area contributed by atoms with E-state index in [0.717, 1.165) is 67.6 Å². The largest absolute Gasteiger partial charge is 0.385 e. The van der Waals surface area contributed by atoms with Gasteiger partial charge in [-0.05, 0) is 68.6 Å². The van der Waals surface area contributed by atoms with Crippen LogP contribution < -0.4 is 5.73 Å².